The Hall–Kier alpha value is 1.75. The highest BCUT2D eigenvalue weighted by molar-refractivity contribution is 8.61. The fraction of sp³-hybridized carbons (Fsp3) is 0.714. The van der Waals surface area contributed by atoms with Gasteiger partial charge in [-0.25, -0.2) is 0 Å². The third kappa shape index (κ3) is 14.0. The summed E-state index contributed by atoms with van der Waals surface area (Å²) in [6.07, 6.45) is 1.57. The van der Waals surface area contributed by atoms with Crippen LogP contribution in [-0.2, 0) is 14.4 Å². The fourth-order valence-electron chi connectivity index (χ4n) is 2.38. The number of nitrogens with two attached hydrogens (primary N) is 2. The quantitative estimate of drug-likeness (QED) is 0.0990. The van der Waals surface area contributed by atoms with Crippen LogP contribution in [0.2, 0.25) is 0 Å². The number of aliphatic imine (C=N–C) groups is 1. The second kappa shape index (κ2) is 18.1. The van der Waals surface area contributed by atoms with Crippen LogP contribution in [0.3, 0.4) is 0 Å². The number of nitrogens with one attached hydrogen (secondary N) is 2. The van der Waals surface area contributed by atoms with Gasteiger partial charge < -0.3 is 22.1 Å². The Kier molecular flexibility index (Phi) is 19.1. The van der Waals surface area contributed by atoms with Crippen LogP contribution >= 0.6 is 75.5 Å². The van der Waals surface area contributed by atoms with Gasteiger partial charge in [-0.05, 0) is 41.3 Å². The number of amides is 2. The molecule has 0 aromatic heterocycles. The maximum Gasteiger partial charge on any atom is 0.228 e. The Morgan fingerprint density at radius 2 is 1.68 bits per heavy atom. The Balaban J connectivity index is 4.88. The maximum atomic E-state index is 13.0. The molecule has 0 saturated carbocycles. The SMILES string of the molecule is CC(CCCN=C(N)N)NC(=O)C(CC(=O)C(NC(=O)C(C)P(P)PP)P(P)P)PP. The van der Waals surface area contributed by atoms with Gasteiger partial charge >= 0.3 is 0 Å². The third-order valence-electron chi connectivity index (χ3n) is 4.23. The molecule has 0 spiro atoms. The van der Waals surface area contributed by atoms with Crippen molar-refractivity contribution in [2.24, 2.45) is 16.5 Å². The van der Waals surface area contributed by atoms with Gasteiger partial charge in [0, 0.05) is 19.0 Å². The second-order valence-corrected chi connectivity index (χ2v) is 25.3. The van der Waals surface area contributed by atoms with Crippen LogP contribution < -0.4 is 22.1 Å². The molecule has 6 N–H and O–H groups in total. The maximum absolute atomic E-state index is 13.0. The highest BCUT2D eigenvalue weighted by Gasteiger charge is 2.31. The van der Waals surface area contributed by atoms with E-state index in [1.807, 2.05) is 13.8 Å². The minimum atomic E-state index is -0.890. The van der Waals surface area contributed by atoms with E-state index >= 15 is 0 Å². The van der Waals surface area contributed by atoms with Gasteiger partial charge in [0.15, 0.2) is 11.7 Å². The van der Waals surface area contributed by atoms with Gasteiger partial charge in [-0.15, -0.1) is 44.6 Å². The van der Waals surface area contributed by atoms with Gasteiger partial charge in [0.05, 0.1) is 11.3 Å². The van der Waals surface area contributed by atoms with E-state index in [2.05, 4.69) is 60.3 Å². The summed E-state index contributed by atoms with van der Waals surface area (Å²) < 4.78 is 0. The molecule has 12 atom stereocenters. The largest absolute Gasteiger partial charge is 0.370 e. The summed E-state index contributed by atoms with van der Waals surface area (Å²) in [5.74, 6) is -0.926. The number of ketones is 1. The predicted molar refractivity (Wildman–Crippen MR) is 161 cm³/mol. The number of carbonyl (C=O) groups excluding carboxylic acids is 3. The normalized spacial score (nSPS) is 16.8. The van der Waals surface area contributed by atoms with Crippen molar-refractivity contribution in [3.63, 3.8) is 0 Å². The van der Waals surface area contributed by atoms with Gasteiger partial charge in [0.2, 0.25) is 11.8 Å². The van der Waals surface area contributed by atoms with Crippen molar-refractivity contribution >= 4 is 99.0 Å². The van der Waals surface area contributed by atoms with Crippen LogP contribution in [0.5, 0.6) is 0 Å². The van der Waals surface area contributed by atoms with Gasteiger partial charge in [-0.3, -0.25) is 19.4 Å². The molecule has 0 bridgehead atoms. The molecule has 180 valence electrons. The smallest absolute Gasteiger partial charge is 0.228 e. The van der Waals surface area contributed by atoms with E-state index in [1.54, 1.807) is 0 Å². The van der Waals surface area contributed by atoms with Crippen molar-refractivity contribution in [3.8, 4) is 0 Å². The molecule has 0 fully saturated rings. The summed E-state index contributed by atoms with van der Waals surface area (Å²) >= 11 is 0. The van der Waals surface area contributed by atoms with Crippen molar-refractivity contribution in [2.45, 2.75) is 56.3 Å². The first-order chi connectivity index (χ1) is 14.4. The number of nitrogens with zero attached hydrogens (tertiary/aromatic N) is 1. The molecule has 0 heterocycles. The summed E-state index contributed by atoms with van der Waals surface area (Å²) in [6, 6.07) is -0.0494. The van der Waals surface area contributed by atoms with Crippen molar-refractivity contribution in [3.05, 3.63) is 0 Å². The van der Waals surface area contributed by atoms with Crippen LogP contribution in [0.1, 0.15) is 33.1 Å². The van der Waals surface area contributed by atoms with Gasteiger partial charge in [0.25, 0.3) is 0 Å². The molecule has 0 aromatic carbocycles. The summed E-state index contributed by atoms with van der Waals surface area (Å²) in [4.78, 5) is 42.2. The Labute approximate surface area is 202 Å². The zero-order valence-corrected chi connectivity index (χ0v) is 27.3. The van der Waals surface area contributed by atoms with Crippen LogP contribution in [0.4, 0.5) is 0 Å². The summed E-state index contributed by atoms with van der Waals surface area (Å²) in [7, 11) is 12.6. The molecular weight excluding hydrogens is 565 g/mol. The lowest BCUT2D eigenvalue weighted by Crippen LogP contribution is -2.44. The van der Waals surface area contributed by atoms with Crippen molar-refractivity contribution < 1.29 is 14.4 Å². The Morgan fingerprint density at radius 3 is 2.16 bits per heavy atom. The highest BCUT2D eigenvalue weighted by Crippen LogP contribution is 2.69. The average molecular weight is 601 g/mol. The number of hydrogen-bond acceptors (Lipinski definition) is 4. The lowest BCUT2D eigenvalue weighted by atomic mass is 10.1. The first-order valence-electron chi connectivity index (χ1n) is 9.38. The second-order valence-electron chi connectivity index (χ2n) is 6.82. The molecule has 17 heteroatoms. The topological polar surface area (TPSA) is 140 Å². The molecule has 0 rings (SSSR count). The molecule has 31 heavy (non-hydrogen) atoms. The molecule has 2 amide bonds. The molecule has 0 aliphatic rings. The monoisotopic (exact) mass is 601 g/mol. The van der Waals surface area contributed by atoms with E-state index < -0.39 is 26.0 Å². The lowest BCUT2D eigenvalue weighted by molar-refractivity contribution is -0.127. The van der Waals surface area contributed by atoms with Gasteiger partial charge in [-0.1, -0.05) is 16.2 Å². The first-order valence-corrected chi connectivity index (χ1v) is 23.6. The number of carbonyl (C=O) groups is 3. The fourth-order valence-corrected chi connectivity index (χ4v) is 9.89. The minimum absolute atomic E-state index is 0.0494. The minimum Gasteiger partial charge on any atom is -0.370 e. The standard InChI is InChI=1S/C14H36N5O3P9/c1-7(4-3-5-17-14(15)16)18-12(22)10(28-23)6-9(20)13(30(25)26)19-11(21)8(2)31(27)29-24/h7-8,10,13,28-29H,3-6,23-27H2,1-2H3,(H,18,22)(H,19,21)(H4,15,16,17). The molecular formula is C14H36N5O3P9. The van der Waals surface area contributed by atoms with E-state index in [0.29, 0.717) is 14.5 Å². The van der Waals surface area contributed by atoms with Crippen LogP contribution in [0, 0.1) is 0 Å². The summed E-state index contributed by atoms with van der Waals surface area (Å²) in [6.45, 7) is 4.31. The van der Waals surface area contributed by atoms with Crippen LogP contribution in [-0.4, -0.2) is 53.2 Å². The predicted octanol–water partition coefficient (Wildman–Crippen LogP) is 2.89. The Bertz CT molecular complexity index is 624. The molecule has 0 aliphatic carbocycles. The number of Topliss-reactive ketones (excluding diaryl/α,β-unsaturated/α-hetero) is 1. The van der Waals surface area contributed by atoms with Crippen LogP contribution in [0.25, 0.3) is 0 Å². The summed E-state index contributed by atoms with van der Waals surface area (Å²) in [5.41, 5.74) is 10.0. The lowest BCUT2D eigenvalue weighted by Gasteiger charge is -2.26. The number of hydrogen-bond donors (Lipinski definition) is 4. The highest BCUT2D eigenvalue weighted by atomic mass is 32.6. The number of guanidine groups is 1. The van der Waals surface area contributed by atoms with E-state index in [9.17, 15) is 14.4 Å². The van der Waals surface area contributed by atoms with E-state index in [1.165, 1.54) is 0 Å². The zero-order valence-electron chi connectivity index (χ0n) is 17.7. The van der Waals surface area contributed by atoms with Crippen molar-refractivity contribution in [2.75, 3.05) is 6.54 Å². The third-order valence-corrected chi connectivity index (χ3v) is 20.6. The zero-order chi connectivity index (χ0) is 24.1. The molecule has 12 unspecified atom stereocenters. The van der Waals surface area contributed by atoms with Crippen molar-refractivity contribution in [1.29, 1.82) is 0 Å². The Morgan fingerprint density at radius 1 is 1.06 bits per heavy atom. The molecule has 0 aliphatic heterocycles. The number of rotatable bonds is 15. The van der Waals surface area contributed by atoms with Gasteiger partial charge in [0.1, 0.15) is 5.78 Å². The van der Waals surface area contributed by atoms with E-state index in [4.69, 9.17) is 11.5 Å². The van der Waals surface area contributed by atoms with E-state index in [-0.39, 0.29) is 49.9 Å². The summed E-state index contributed by atoms with van der Waals surface area (Å²) in [5, 5.41) is 5.88. The first kappa shape index (κ1) is 32.8. The average Bonchev–Trinajstić information content (AvgIpc) is 2.71. The van der Waals surface area contributed by atoms with Crippen LogP contribution in [0.15, 0.2) is 4.99 Å². The molecule has 0 radical (unpaired) electrons. The molecule has 0 aromatic rings. The van der Waals surface area contributed by atoms with E-state index in [0.717, 1.165) is 12.8 Å². The van der Waals surface area contributed by atoms with Crippen molar-refractivity contribution in [1.82, 2.24) is 10.6 Å². The molecule has 8 nitrogen and oxygen atoms in total. The van der Waals surface area contributed by atoms with Gasteiger partial charge in [-0.2, -0.15) is 0 Å². The molecule has 0 saturated heterocycles.